The van der Waals surface area contributed by atoms with Crippen LogP contribution in [0.2, 0.25) is 0 Å². The maximum absolute atomic E-state index is 12.2. The number of amidine groups is 2. The predicted octanol–water partition coefficient (Wildman–Crippen LogP) is 4.73. The van der Waals surface area contributed by atoms with E-state index in [4.69, 9.17) is 5.41 Å². The van der Waals surface area contributed by atoms with Crippen LogP contribution in [0.15, 0.2) is 33.2 Å². The normalized spacial score (nSPS) is 18.9. The number of carbonyl (C=O) groups excluding carboxylic acids is 1. The molecule has 0 spiro atoms. The van der Waals surface area contributed by atoms with Gasteiger partial charge >= 0.3 is 0 Å². The molecule has 1 aromatic rings. The van der Waals surface area contributed by atoms with Crippen molar-refractivity contribution in [3.63, 3.8) is 0 Å². The highest BCUT2D eigenvalue weighted by Crippen LogP contribution is 2.30. The van der Waals surface area contributed by atoms with Gasteiger partial charge in [-0.05, 0) is 42.1 Å². The summed E-state index contributed by atoms with van der Waals surface area (Å²) in [6.45, 7) is 2.21. The summed E-state index contributed by atoms with van der Waals surface area (Å²) in [7, 11) is 0. The first kappa shape index (κ1) is 17.1. The molecule has 1 N–H and O–H groups in total. The van der Waals surface area contributed by atoms with E-state index < -0.39 is 0 Å². The van der Waals surface area contributed by atoms with Crippen LogP contribution in [0.3, 0.4) is 0 Å². The van der Waals surface area contributed by atoms with Crippen molar-refractivity contribution in [1.29, 1.82) is 5.41 Å². The minimum Gasteiger partial charge on any atom is -0.282 e. The Kier molecular flexibility index (Phi) is 5.63. The number of hydrogen-bond donors (Lipinski definition) is 1. The first-order valence-electron chi connectivity index (χ1n) is 8.21. The Morgan fingerprint density at radius 1 is 1.29 bits per heavy atom. The molecule has 2 aliphatic heterocycles. The lowest BCUT2D eigenvalue weighted by atomic mass is 10.1. The van der Waals surface area contributed by atoms with Gasteiger partial charge in [-0.15, -0.1) is 11.3 Å². The number of hydrogen-bond acceptors (Lipinski definition) is 5. The molecule has 126 valence electrons. The molecule has 2 aliphatic rings. The summed E-state index contributed by atoms with van der Waals surface area (Å²) in [6, 6.07) is 3.84. The Balaban J connectivity index is 1.67. The number of carbonyl (C=O) groups is 1. The molecule has 0 aromatic carbocycles. The Morgan fingerprint density at radius 3 is 2.88 bits per heavy atom. The number of aliphatic imine (C=N–C) groups is 1. The number of thiophene rings is 1. The van der Waals surface area contributed by atoms with Gasteiger partial charge in [0.2, 0.25) is 5.17 Å². The quantitative estimate of drug-likeness (QED) is 0.564. The second-order valence-electron chi connectivity index (χ2n) is 5.69. The van der Waals surface area contributed by atoms with Crippen molar-refractivity contribution in [1.82, 2.24) is 5.01 Å². The van der Waals surface area contributed by atoms with Crippen LogP contribution in [0.5, 0.6) is 0 Å². The Bertz CT molecular complexity index is 719. The average molecular weight is 361 g/mol. The molecule has 3 rings (SSSR count). The summed E-state index contributed by atoms with van der Waals surface area (Å²) in [4.78, 5) is 17.3. The van der Waals surface area contributed by atoms with E-state index in [0.717, 1.165) is 22.8 Å². The van der Waals surface area contributed by atoms with Crippen molar-refractivity contribution in [2.45, 2.75) is 45.4 Å². The molecule has 1 amide bonds. The minimum atomic E-state index is -0.355. The minimum absolute atomic E-state index is 0.117. The number of amides is 1. The smallest absolute Gasteiger partial charge is 0.282 e. The number of unbranched alkanes of at least 4 members (excludes halogenated alkanes) is 4. The molecule has 0 saturated heterocycles. The van der Waals surface area contributed by atoms with Crippen LogP contribution >= 0.6 is 23.1 Å². The maximum atomic E-state index is 12.2. The van der Waals surface area contributed by atoms with E-state index in [1.54, 1.807) is 6.08 Å². The van der Waals surface area contributed by atoms with Crippen molar-refractivity contribution in [3.8, 4) is 0 Å². The largest absolute Gasteiger partial charge is 0.283 e. The molecule has 0 saturated carbocycles. The molecule has 0 radical (unpaired) electrons. The van der Waals surface area contributed by atoms with Crippen molar-refractivity contribution in [3.05, 3.63) is 28.0 Å². The highest BCUT2D eigenvalue weighted by molar-refractivity contribution is 8.26. The van der Waals surface area contributed by atoms with Crippen LogP contribution in [-0.2, 0) is 4.79 Å². The van der Waals surface area contributed by atoms with Gasteiger partial charge in [0.1, 0.15) is 5.04 Å². The van der Waals surface area contributed by atoms with E-state index in [1.165, 1.54) is 53.8 Å². The van der Waals surface area contributed by atoms with Gasteiger partial charge in [-0.1, -0.05) is 38.7 Å². The van der Waals surface area contributed by atoms with Crippen LogP contribution in [0.1, 0.15) is 50.3 Å². The number of hydrazone groups is 1. The second-order valence-corrected chi connectivity index (χ2v) is 7.71. The lowest BCUT2D eigenvalue weighted by Gasteiger charge is -2.19. The third-order valence-corrected chi connectivity index (χ3v) is 5.61. The number of rotatable bonds is 7. The van der Waals surface area contributed by atoms with Crippen LogP contribution < -0.4 is 0 Å². The number of nitrogens with one attached hydrogen (secondary N) is 1. The Hall–Kier alpha value is -1.73. The fourth-order valence-corrected chi connectivity index (χ4v) is 4.11. The van der Waals surface area contributed by atoms with E-state index in [0.29, 0.717) is 10.7 Å². The Morgan fingerprint density at radius 2 is 2.12 bits per heavy atom. The Labute approximate surface area is 150 Å². The van der Waals surface area contributed by atoms with Crippen molar-refractivity contribution in [2.24, 2.45) is 10.1 Å². The summed E-state index contributed by atoms with van der Waals surface area (Å²) in [5, 5.41) is 17.7. The van der Waals surface area contributed by atoms with Crippen LogP contribution in [0.4, 0.5) is 0 Å². The van der Waals surface area contributed by atoms with Gasteiger partial charge in [-0.2, -0.15) is 15.1 Å². The summed E-state index contributed by atoms with van der Waals surface area (Å²) in [5.74, 6) is -0.238. The van der Waals surface area contributed by atoms with Gasteiger partial charge in [0.05, 0.1) is 5.57 Å². The van der Waals surface area contributed by atoms with Gasteiger partial charge in [-0.25, -0.2) is 0 Å². The molecule has 5 nitrogen and oxygen atoms in total. The van der Waals surface area contributed by atoms with E-state index in [1.807, 2.05) is 17.5 Å². The zero-order valence-corrected chi connectivity index (χ0v) is 15.3. The maximum Gasteiger partial charge on any atom is 0.283 e. The molecule has 0 fully saturated rings. The van der Waals surface area contributed by atoms with Crippen LogP contribution in [-0.4, -0.2) is 27.0 Å². The average Bonchev–Trinajstić information content (AvgIpc) is 3.21. The van der Waals surface area contributed by atoms with Crippen molar-refractivity contribution in [2.75, 3.05) is 0 Å². The highest BCUT2D eigenvalue weighted by Gasteiger charge is 2.35. The standard InChI is InChI=1S/C17H20N4OS2/c1-2-3-4-5-6-9-14-20-21-15(18)13(11-12-8-7-10-23-12)16(22)19-17(21)24-14/h7-8,10-11,18H,2-6,9H2,1H3/b13-11-,18-15?. The van der Waals surface area contributed by atoms with Crippen molar-refractivity contribution < 1.29 is 4.79 Å². The SMILES string of the molecule is CCCCCCCC1=NN2C(=N)/C(=C/c3cccs3)C(=O)N=C2S1. The molecule has 0 unspecified atom stereocenters. The summed E-state index contributed by atoms with van der Waals surface area (Å²) < 4.78 is 0. The fourth-order valence-electron chi connectivity index (χ4n) is 2.53. The molecule has 24 heavy (non-hydrogen) atoms. The third-order valence-electron chi connectivity index (χ3n) is 3.82. The lowest BCUT2D eigenvalue weighted by molar-refractivity contribution is -0.114. The summed E-state index contributed by atoms with van der Waals surface area (Å²) in [6.07, 6.45) is 8.65. The van der Waals surface area contributed by atoms with Gasteiger partial charge in [-0.3, -0.25) is 10.2 Å². The van der Waals surface area contributed by atoms with E-state index >= 15 is 0 Å². The number of fused-ring (bicyclic) bond motifs is 1. The molecule has 1 aromatic heterocycles. The van der Waals surface area contributed by atoms with Gasteiger partial charge in [0, 0.05) is 4.88 Å². The lowest BCUT2D eigenvalue weighted by Crippen LogP contribution is -2.35. The van der Waals surface area contributed by atoms with Crippen molar-refractivity contribution >= 4 is 51.1 Å². The molecular formula is C17H20N4OS2. The molecule has 0 aliphatic carbocycles. The first-order chi connectivity index (χ1) is 11.7. The number of thioether (sulfide) groups is 1. The van der Waals surface area contributed by atoms with E-state index in [-0.39, 0.29) is 11.7 Å². The molecule has 7 heteroatoms. The monoisotopic (exact) mass is 360 g/mol. The summed E-state index contributed by atoms with van der Waals surface area (Å²) in [5.41, 5.74) is 0.301. The van der Waals surface area contributed by atoms with Gasteiger partial charge in [0.15, 0.2) is 5.84 Å². The van der Waals surface area contributed by atoms with E-state index in [2.05, 4.69) is 17.0 Å². The summed E-state index contributed by atoms with van der Waals surface area (Å²) >= 11 is 2.95. The zero-order chi connectivity index (χ0) is 16.9. The molecule has 0 atom stereocenters. The van der Waals surface area contributed by atoms with Crippen LogP contribution in [0.25, 0.3) is 6.08 Å². The molecule has 0 bridgehead atoms. The topological polar surface area (TPSA) is 68.9 Å². The number of nitrogens with zero attached hydrogens (tertiary/aromatic N) is 3. The fraction of sp³-hybridized carbons (Fsp3) is 0.412. The predicted molar refractivity (Wildman–Crippen MR) is 103 cm³/mol. The van der Waals surface area contributed by atoms with Gasteiger partial charge < -0.3 is 0 Å². The van der Waals surface area contributed by atoms with Crippen LogP contribution in [0, 0.1) is 5.41 Å². The second kappa shape index (κ2) is 7.90. The molecular weight excluding hydrogens is 340 g/mol. The zero-order valence-electron chi connectivity index (χ0n) is 13.6. The van der Waals surface area contributed by atoms with E-state index in [9.17, 15) is 4.79 Å². The highest BCUT2D eigenvalue weighted by atomic mass is 32.2. The first-order valence-corrected chi connectivity index (χ1v) is 9.91. The van der Waals surface area contributed by atoms with Gasteiger partial charge in [0.25, 0.3) is 5.91 Å². The third kappa shape index (κ3) is 3.84. The molecule has 3 heterocycles.